The van der Waals surface area contributed by atoms with Crippen LogP contribution < -0.4 is 10.1 Å². The van der Waals surface area contributed by atoms with Crippen molar-refractivity contribution in [3.8, 4) is 5.75 Å². The molecule has 7 heteroatoms. The lowest BCUT2D eigenvalue weighted by atomic mass is 10.1. The molecule has 0 spiro atoms. The zero-order valence-electron chi connectivity index (χ0n) is 15.4. The normalized spacial score (nSPS) is 26.2. The Morgan fingerprint density at radius 1 is 1.11 bits per heavy atom. The number of piperidine rings is 1. The van der Waals surface area contributed by atoms with Crippen LogP contribution in [0.4, 0.5) is 4.39 Å². The predicted molar refractivity (Wildman–Crippen MR) is 97.8 cm³/mol. The van der Waals surface area contributed by atoms with Gasteiger partial charge < -0.3 is 19.9 Å². The molecule has 3 aliphatic rings. The monoisotopic (exact) mass is 375 g/mol. The molecule has 4 rings (SSSR count). The van der Waals surface area contributed by atoms with E-state index in [4.69, 9.17) is 4.74 Å². The van der Waals surface area contributed by atoms with E-state index in [2.05, 4.69) is 5.32 Å². The second-order valence-corrected chi connectivity index (χ2v) is 7.77. The average Bonchev–Trinajstić information content (AvgIpc) is 3.03. The molecule has 1 N–H and O–H groups in total. The minimum atomic E-state index is -0.283. The Kier molecular flexibility index (Phi) is 5.29. The van der Waals surface area contributed by atoms with Gasteiger partial charge in [-0.15, -0.1) is 0 Å². The minimum absolute atomic E-state index is 0.0151. The van der Waals surface area contributed by atoms with Crippen molar-refractivity contribution < 1.29 is 18.7 Å². The lowest BCUT2D eigenvalue weighted by molar-refractivity contribution is -0.141. The molecule has 3 fully saturated rings. The molecule has 2 amide bonds. The van der Waals surface area contributed by atoms with Gasteiger partial charge in [0, 0.05) is 51.0 Å². The van der Waals surface area contributed by atoms with Crippen LogP contribution in [0.2, 0.25) is 0 Å². The SMILES string of the molecule is O=C(CN1C[C@H]2CC[C@@H](CC1=O)N2)N1CCC(Oc2ccc(F)cc2)CC1. The third-order valence-corrected chi connectivity index (χ3v) is 5.79. The van der Waals surface area contributed by atoms with Gasteiger partial charge in [-0.05, 0) is 37.1 Å². The van der Waals surface area contributed by atoms with Crippen LogP contribution in [0, 0.1) is 5.82 Å². The Morgan fingerprint density at radius 2 is 1.81 bits per heavy atom. The van der Waals surface area contributed by atoms with Crippen molar-refractivity contribution >= 4 is 11.8 Å². The first-order chi connectivity index (χ1) is 13.1. The van der Waals surface area contributed by atoms with Crippen LogP contribution in [-0.4, -0.2) is 66.0 Å². The largest absolute Gasteiger partial charge is 0.490 e. The van der Waals surface area contributed by atoms with Gasteiger partial charge in [0.2, 0.25) is 11.8 Å². The van der Waals surface area contributed by atoms with Crippen molar-refractivity contribution in [3.05, 3.63) is 30.1 Å². The van der Waals surface area contributed by atoms with E-state index in [9.17, 15) is 14.0 Å². The zero-order chi connectivity index (χ0) is 18.8. The van der Waals surface area contributed by atoms with Gasteiger partial charge in [-0.1, -0.05) is 0 Å². The molecule has 6 nitrogen and oxygen atoms in total. The fourth-order valence-electron chi connectivity index (χ4n) is 4.26. The van der Waals surface area contributed by atoms with Crippen molar-refractivity contribution in [1.82, 2.24) is 15.1 Å². The van der Waals surface area contributed by atoms with Crippen molar-refractivity contribution in [2.45, 2.75) is 50.3 Å². The standard InChI is InChI=1S/C20H26FN3O3/c21-14-1-5-17(6-2-14)27-18-7-9-23(10-8-18)20(26)13-24-12-16-4-3-15(22-16)11-19(24)25/h1-2,5-6,15-16,18,22H,3-4,7-13H2/t15-,16+/m0/s1. The van der Waals surface area contributed by atoms with Gasteiger partial charge >= 0.3 is 0 Å². The molecule has 27 heavy (non-hydrogen) atoms. The molecule has 2 bridgehead atoms. The van der Waals surface area contributed by atoms with Crippen LogP contribution in [0.15, 0.2) is 24.3 Å². The predicted octanol–water partition coefficient (Wildman–Crippen LogP) is 1.55. The molecule has 0 saturated carbocycles. The summed E-state index contributed by atoms with van der Waals surface area (Å²) in [5, 5.41) is 3.47. The number of rotatable bonds is 4. The Hall–Kier alpha value is -2.15. The van der Waals surface area contributed by atoms with Gasteiger partial charge in [-0.3, -0.25) is 9.59 Å². The number of amides is 2. The summed E-state index contributed by atoms with van der Waals surface area (Å²) in [5.41, 5.74) is 0. The van der Waals surface area contributed by atoms with E-state index in [1.807, 2.05) is 4.90 Å². The van der Waals surface area contributed by atoms with Crippen LogP contribution in [0.3, 0.4) is 0 Å². The number of hydrogen-bond donors (Lipinski definition) is 1. The first-order valence-electron chi connectivity index (χ1n) is 9.80. The van der Waals surface area contributed by atoms with Gasteiger partial charge in [-0.25, -0.2) is 4.39 Å². The molecule has 0 radical (unpaired) electrons. The number of likely N-dealkylation sites (tertiary alicyclic amines) is 2. The lowest BCUT2D eigenvalue weighted by Gasteiger charge is -2.34. The third kappa shape index (κ3) is 4.40. The summed E-state index contributed by atoms with van der Waals surface area (Å²) in [4.78, 5) is 28.6. The summed E-state index contributed by atoms with van der Waals surface area (Å²) in [7, 11) is 0. The molecule has 0 unspecified atom stereocenters. The van der Waals surface area contributed by atoms with Gasteiger partial charge in [0.05, 0.1) is 6.54 Å². The van der Waals surface area contributed by atoms with Crippen molar-refractivity contribution in [2.75, 3.05) is 26.2 Å². The highest BCUT2D eigenvalue weighted by molar-refractivity contribution is 5.85. The number of nitrogens with zero attached hydrogens (tertiary/aromatic N) is 2. The van der Waals surface area contributed by atoms with Gasteiger partial charge in [0.1, 0.15) is 17.7 Å². The van der Waals surface area contributed by atoms with Crippen LogP contribution in [0.5, 0.6) is 5.75 Å². The number of ether oxygens (including phenoxy) is 1. The highest BCUT2D eigenvalue weighted by atomic mass is 19.1. The first-order valence-corrected chi connectivity index (χ1v) is 9.80. The highest BCUT2D eigenvalue weighted by Gasteiger charge is 2.35. The maximum Gasteiger partial charge on any atom is 0.242 e. The van der Waals surface area contributed by atoms with E-state index in [1.165, 1.54) is 12.1 Å². The second-order valence-electron chi connectivity index (χ2n) is 7.77. The number of fused-ring (bicyclic) bond motifs is 2. The van der Waals surface area contributed by atoms with E-state index >= 15 is 0 Å². The smallest absolute Gasteiger partial charge is 0.242 e. The van der Waals surface area contributed by atoms with E-state index in [1.54, 1.807) is 17.0 Å². The fraction of sp³-hybridized carbons (Fsp3) is 0.600. The molecular weight excluding hydrogens is 349 g/mol. The summed E-state index contributed by atoms with van der Waals surface area (Å²) >= 11 is 0. The summed E-state index contributed by atoms with van der Waals surface area (Å²) in [5.74, 6) is 0.465. The average molecular weight is 375 g/mol. The topological polar surface area (TPSA) is 61.9 Å². The highest BCUT2D eigenvalue weighted by Crippen LogP contribution is 2.22. The molecule has 1 aromatic carbocycles. The molecule has 3 aliphatic heterocycles. The molecule has 1 aromatic rings. The number of benzene rings is 1. The molecular formula is C20H26FN3O3. The molecule has 2 atom stereocenters. The van der Waals surface area contributed by atoms with Gasteiger partial charge in [-0.2, -0.15) is 0 Å². The number of halogens is 1. The third-order valence-electron chi connectivity index (χ3n) is 5.79. The van der Waals surface area contributed by atoms with Crippen LogP contribution in [-0.2, 0) is 9.59 Å². The van der Waals surface area contributed by atoms with Crippen molar-refractivity contribution in [2.24, 2.45) is 0 Å². The van der Waals surface area contributed by atoms with E-state index < -0.39 is 0 Å². The van der Waals surface area contributed by atoms with E-state index in [0.717, 1.165) is 25.7 Å². The Bertz CT molecular complexity index is 688. The van der Waals surface area contributed by atoms with Crippen molar-refractivity contribution in [1.29, 1.82) is 0 Å². The molecule has 3 saturated heterocycles. The Balaban J connectivity index is 1.26. The molecule has 0 aromatic heterocycles. The molecule has 146 valence electrons. The maximum absolute atomic E-state index is 13.0. The second kappa shape index (κ2) is 7.84. The van der Waals surface area contributed by atoms with Gasteiger partial charge in [0.25, 0.3) is 0 Å². The van der Waals surface area contributed by atoms with E-state index in [0.29, 0.717) is 37.8 Å². The number of carbonyl (C=O) groups excluding carboxylic acids is 2. The van der Waals surface area contributed by atoms with Crippen molar-refractivity contribution in [3.63, 3.8) is 0 Å². The number of carbonyl (C=O) groups is 2. The zero-order valence-corrected chi connectivity index (χ0v) is 15.4. The summed E-state index contributed by atoms with van der Waals surface area (Å²) in [6, 6.07) is 6.62. The Morgan fingerprint density at radius 3 is 2.56 bits per heavy atom. The van der Waals surface area contributed by atoms with Crippen LogP contribution in [0.25, 0.3) is 0 Å². The maximum atomic E-state index is 13.0. The summed E-state index contributed by atoms with van der Waals surface area (Å²) in [6.45, 7) is 2.05. The van der Waals surface area contributed by atoms with Gasteiger partial charge in [0.15, 0.2) is 0 Å². The first kappa shape index (κ1) is 18.2. The number of hydrogen-bond acceptors (Lipinski definition) is 4. The summed E-state index contributed by atoms with van der Waals surface area (Å²) in [6.07, 6.45) is 4.14. The summed E-state index contributed by atoms with van der Waals surface area (Å²) < 4.78 is 18.8. The van der Waals surface area contributed by atoms with E-state index in [-0.39, 0.29) is 36.3 Å². The quantitative estimate of drug-likeness (QED) is 0.867. The minimum Gasteiger partial charge on any atom is -0.490 e. The molecule has 0 aliphatic carbocycles. The number of nitrogens with one attached hydrogen (secondary N) is 1. The van der Waals surface area contributed by atoms with Crippen LogP contribution in [0.1, 0.15) is 32.1 Å². The Labute approximate surface area is 158 Å². The lowest BCUT2D eigenvalue weighted by Crippen LogP contribution is -2.48. The van der Waals surface area contributed by atoms with Crippen LogP contribution >= 0.6 is 0 Å². The molecule has 3 heterocycles. The fourth-order valence-corrected chi connectivity index (χ4v) is 4.26.